The third kappa shape index (κ3) is 3.02. The Labute approximate surface area is 112 Å². The van der Waals surface area contributed by atoms with E-state index in [-0.39, 0.29) is 0 Å². The second-order valence-electron chi connectivity index (χ2n) is 4.89. The molecule has 1 aromatic carbocycles. The summed E-state index contributed by atoms with van der Waals surface area (Å²) in [7, 11) is 0. The van der Waals surface area contributed by atoms with Gasteiger partial charge in [-0.2, -0.15) is 5.10 Å². The highest BCUT2D eigenvalue weighted by Crippen LogP contribution is 2.17. The smallest absolute Gasteiger partial charge is 0.310 e. The lowest BCUT2D eigenvalue weighted by molar-refractivity contribution is -0.138. The lowest BCUT2D eigenvalue weighted by Crippen LogP contribution is -2.08. The molecule has 4 nitrogen and oxygen atoms in total. The molecule has 0 amide bonds. The SMILES string of the molecule is Cc1cc(C)n(Cc2ccc(C(C)C(=O)O)cc2)n1. The molecule has 0 saturated heterocycles. The summed E-state index contributed by atoms with van der Waals surface area (Å²) in [5.41, 5.74) is 4.08. The third-order valence-electron chi connectivity index (χ3n) is 3.29. The largest absolute Gasteiger partial charge is 0.481 e. The van der Waals surface area contributed by atoms with Crippen LogP contribution in [0.2, 0.25) is 0 Å². The van der Waals surface area contributed by atoms with Crippen molar-refractivity contribution in [3.63, 3.8) is 0 Å². The van der Waals surface area contributed by atoms with E-state index in [9.17, 15) is 4.79 Å². The van der Waals surface area contributed by atoms with E-state index >= 15 is 0 Å². The Kier molecular flexibility index (Phi) is 3.69. The van der Waals surface area contributed by atoms with Gasteiger partial charge in [-0.05, 0) is 38.0 Å². The van der Waals surface area contributed by atoms with Gasteiger partial charge in [0.2, 0.25) is 0 Å². The number of aliphatic carboxylic acids is 1. The van der Waals surface area contributed by atoms with Crippen molar-refractivity contribution in [1.29, 1.82) is 0 Å². The minimum Gasteiger partial charge on any atom is -0.481 e. The highest BCUT2D eigenvalue weighted by atomic mass is 16.4. The molecule has 0 aliphatic carbocycles. The van der Waals surface area contributed by atoms with E-state index < -0.39 is 11.9 Å². The summed E-state index contributed by atoms with van der Waals surface area (Å²) >= 11 is 0. The maximum Gasteiger partial charge on any atom is 0.310 e. The fourth-order valence-corrected chi connectivity index (χ4v) is 2.06. The molecule has 1 aromatic heterocycles. The molecule has 100 valence electrons. The standard InChI is InChI=1S/C15H18N2O2/c1-10-8-11(2)17(16-10)9-13-4-6-14(7-5-13)12(3)15(18)19/h4-8,12H,9H2,1-3H3,(H,18,19). The monoisotopic (exact) mass is 258 g/mol. The Morgan fingerprint density at radius 3 is 2.42 bits per heavy atom. The lowest BCUT2D eigenvalue weighted by atomic mass is 10.0. The van der Waals surface area contributed by atoms with E-state index in [1.807, 2.05) is 48.9 Å². The summed E-state index contributed by atoms with van der Waals surface area (Å²) < 4.78 is 1.95. The number of aromatic nitrogens is 2. The van der Waals surface area contributed by atoms with Crippen LogP contribution in [0.4, 0.5) is 0 Å². The Morgan fingerprint density at radius 2 is 1.95 bits per heavy atom. The van der Waals surface area contributed by atoms with Gasteiger partial charge in [0.15, 0.2) is 0 Å². The molecule has 0 saturated carbocycles. The van der Waals surface area contributed by atoms with E-state index in [4.69, 9.17) is 5.11 Å². The third-order valence-corrected chi connectivity index (χ3v) is 3.29. The first-order chi connectivity index (χ1) is 8.97. The fraction of sp³-hybridized carbons (Fsp3) is 0.333. The van der Waals surface area contributed by atoms with Crippen LogP contribution in [0.5, 0.6) is 0 Å². The molecule has 2 rings (SSSR count). The van der Waals surface area contributed by atoms with Crippen molar-refractivity contribution in [3.8, 4) is 0 Å². The zero-order valence-corrected chi connectivity index (χ0v) is 11.4. The molecule has 0 aliphatic heterocycles. The molecular weight excluding hydrogens is 240 g/mol. The molecule has 0 spiro atoms. The number of carbonyl (C=O) groups is 1. The number of nitrogens with zero attached hydrogens (tertiary/aromatic N) is 2. The lowest BCUT2D eigenvalue weighted by Gasteiger charge is -2.09. The quantitative estimate of drug-likeness (QED) is 0.917. The van der Waals surface area contributed by atoms with Crippen molar-refractivity contribution in [1.82, 2.24) is 9.78 Å². The number of rotatable bonds is 4. The van der Waals surface area contributed by atoms with Gasteiger partial charge in [-0.15, -0.1) is 0 Å². The molecule has 0 bridgehead atoms. The second kappa shape index (κ2) is 5.26. The zero-order chi connectivity index (χ0) is 14.0. The normalized spacial score (nSPS) is 12.4. The van der Waals surface area contributed by atoms with E-state index in [2.05, 4.69) is 5.10 Å². The summed E-state index contributed by atoms with van der Waals surface area (Å²) in [5, 5.41) is 13.4. The molecular formula is C15H18N2O2. The predicted molar refractivity (Wildman–Crippen MR) is 73.3 cm³/mol. The average Bonchev–Trinajstić information content (AvgIpc) is 2.68. The van der Waals surface area contributed by atoms with Gasteiger partial charge in [0, 0.05) is 5.69 Å². The molecule has 1 atom stereocenters. The second-order valence-corrected chi connectivity index (χ2v) is 4.89. The summed E-state index contributed by atoms with van der Waals surface area (Å²) in [6.45, 7) is 6.40. The Hall–Kier alpha value is -2.10. The van der Waals surface area contributed by atoms with Crippen molar-refractivity contribution < 1.29 is 9.90 Å². The average molecular weight is 258 g/mol. The van der Waals surface area contributed by atoms with Crippen LogP contribution in [-0.4, -0.2) is 20.9 Å². The Morgan fingerprint density at radius 1 is 1.32 bits per heavy atom. The van der Waals surface area contributed by atoms with Gasteiger partial charge in [0.25, 0.3) is 0 Å². The van der Waals surface area contributed by atoms with Gasteiger partial charge in [-0.25, -0.2) is 0 Å². The number of hydrogen-bond acceptors (Lipinski definition) is 2. The maximum absolute atomic E-state index is 10.9. The molecule has 4 heteroatoms. The van der Waals surface area contributed by atoms with Crippen LogP contribution in [-0.2, 0) is 11.3 Å². The molecule has 1 N–H and O–H groups in total. The molecule has 0 aliphatic rings. The van der Waals surface area contributed by atoms with Crippen LogP contribution >= 0.6 is 0 Å². The van der Waals surface area contributed by atoms with E-state index in [1.165, 1.54) is 0 Å². The molecule has 19 heavy (non-hydrogen) atoms. The molecule has 1 unspecified atom stereocenters. The molecule has 1 heterocycles. The molecule has 0 fully saturated rings. The number of benzene rings is 1. The van der Waals surface area contributed by atoms with Gasteiger partial charge >= 0.3 is 5.97 Å². The topological polar surface area (TPSA) is 55.1 Å². The van der Waals surface area contributed by atoms with Crippen molar-refractivity contribution in [3.05, 3.63) is 52.8 Å². The first-order valence-electron chi connectivity index (χ1n) is 6.30. The minimum atomic E-state index is -0.800. The van der Waals surface area contributed by atoms with E-state index in [1.54, 1.807) is 6.92 Å². The Balaban J connectivity index is 2.15. The summed E-state index contributed by atoms with van der Waals surface area (Å²) in [6, 6.07) is 9.72. The van der Waals surface area contributed by atoms with Crippen LogP contribution in [0.25, 0.3) is 0 Å². The van der Waals surface area contributed by atoms with Crippen molar-refractivity contribution in [2.24, 2.45) is 0 Å². The van der Waals surface area contributed by atoms with Crippen molar-refractivity contribution in [2.75, 3.05) is 0 Å². The number of hydrogen-bond donors (Lipinski definition) is 1. The van der Waals surface area contributed by atoms with Gasteiger partial charge in [0.1, 0.15) is 0 Å². The number of carboxylic acid groups (broad SMARTS) is 1. The van der Waals surface area contributed by atoms with Gasteiger partial charge in [-0.1, -0.05) is 24.3 Å². The van der Waals surface area contributed by atoms with Crippen LogP contribution < -0.4 is 0 Å². The van der Waals surface area contributed by atoms with Crippen LogP contribution in [0.15, 0.2) is 30.3 Å². The fourth-order valence-electron chi connectivity index (χ4n) is 2.06. The maximum atomic E-state index is 10.9. The molecule has 0 radical (unpaired) electrons. The summed E-state index contributed by atoms with van der Waals surface area (Å²) in [6.07, 6.45) is 0. The van der Waals surface area contributed by atoms with E-state index in [0.29, 0.717) is 6.54 Å². The van der Waals surface area contributed by atoms with Crippen molar-refractivity contribution >= 4 is 5.97 Å². The first kappa shape index (κ1) is 13.3. The highest BCUT2D eigenvalue weighted by molar-refractivity contribution is 5.75. The number of carboxylic acids is 1. The first-order valence-corrected chi connectivity index (χ1v) is 6.30. The van der Waals surface area contributed by atoms with Crippen LogP contribution in [0, 0.1) is 13.8 Å². The van der Waals surface area contributed by atoms with Gasteiger partial charge < -0.3 is 5.11 Å². The van der Waals surface area contributed by atoms with Crippen LogP contribution in [0.3, 0.4) is 0 Å². The number of aryl methyl sites for hydroxylation is 2. The van der Waals surface area contributed by atoms with Crippen molar-refractivity contribution in [2.45, 2.75) is 33.2 Å². The Bertz CT molecular complexity index is 585. The van der Waals surface area contributed by atoms with Crippen LogP contribution in [0.1, 0.15) is 35.4 Å². The highest BCUT2D eigenvalue weighted by Gasteiger charge is 2.13. The predicted octanol–water partition coefficient (Wildman–Crippen LogP) is 2.74. The van der Waals surface area contributed by atoms with Gasteiger partial charge in [0.05, 0.1) is 18.2 Å². The van der Waals surface area contributed by atoms with Gasteiger partial charge in [-0.3, -0.25) is 9.48 Å². The summed E-state index contributed by atoms with van der Waals surface area (Å²) in [5.74, 6) is -1.27. The van der Waals surface area contributed by atoms with E-state index in [0.717, 1.165) is 22.5 Å². The summed E-state index contributed by atoms with van der Waals surface area (Å²) in [4.78, 5) is 10.9. The zero-order valence-electron chi connectivity index (χ0n) is 11.4. The molecule has 2 aromatic rings. The minimum absolute atomic E-state index is 0.470.